The molecular weight excluding hydrogens is 392 g/mol. The monoisotopic (exact) mass is 420 g/mol. The molecule has 0 fully saturated rings. The molecule has 0 bridgehead atoms. The molecule has 0 aliphatic carbocycles. The summed E-state index contributed by atoms with van der Waals surface area (Å²) in [5, 5.41) is 3.45. The second-order valence-electron chi connectivity index (χ2n) is 7.28. The fourth-order valence-electron chi connectivity index (χ4n) is 3.37. The van der Waals surface area contributed by atoms with Gasteiger partial charge in [0.05, 0.1) is 14.2 Å². The fraction of sp³-hybridized carbons (Fsp3) is 0.280. The predicted octanol–water partition coefficient (Wildman–Crippen LogP) is 5.44. The summed E-state index contributed by atoms with van der Waals surface area (Å²) in [7, 11) is 3.28. The maximum Gasteiger partial charge on any atom is 0.161 e. The Hall–Kier alpha value is -2.92. The van der Waals surface area contributed by atoms with Crippen molar-refractivity contribution in [1.82, 2.24) is 10.3 Å². The van der Waals surface area contributed by atoms with E-state index in [1.54, 1.807) is 14.2 Å². The van der Waals surface area contributed by atoms with Gasteiger partial charge in [0.25, 0.3) is 0 Å². The number of hydrogen-bond acceptors (Lipinski definition) is 4. The average Bonchev–Trinajstić information content (AvgIpc) is 2.79. The maximum absolute atomic E-state index is 5.62. The Labute approximate surface area is 184 Å². The topological polar surface area (TPSA) is 43.4 Å². The van der Waals surface area contributed by atoms with E-state index in [9.17, 15) is 0 Å². The molecular formula is C25H28N2O2S. The first-order valence-corrected chi connectivity index (χ1v) is 10.5. The molecule has 30 heavy (non-hydrogen) atoms. The smallest absolute Gasteiger partial charge is 0.161 e. The molecule has 3 rings (SSSR count). The lowest BCUT2D eigenvalue weighted by Crippen LogP contribution is -2.31. The summed E-state index contributed by atoms with van der Waals surface area (Å²) >= 11 is 5.62. The second kappa shape index (κ2) is 10.7. The van der Waals surface area contributed by atoms with Gasteiger partial charge in [0.15, 0.2) is 11.5 Å². The van der Waals surface area contributed by atoms with Gasteiger partial charge < -0.3 is 14.8 Å². The molecule has 1 atom stereocenters. The zero-order chi connectivity index (χ0) is 21.3. The van der Waals surface area contributed by atoms with Gasteiger partial charge in [0, 0.05) is 24.0 Å². The number of aromatic nitrogens is 1. The number of methoxy groups -OCH3 is 2. The van der Waals surface area contributed by atoms with Crippen molar-refractivity contribution in [1.29, 1.82) is 0 Å². The summed E-state index contributed by atoms with van der Waals surface area (Å²) in [5.41, 5.74) is 4.47. The van der Waals surface area contributed by atoms with E-state index in [1.807, 2.05) is 36.7 Å². The average molecular weight is 421 g/mol. The first kappa shape index (κ1) is 21.8. The van der Waals surface area contributed by atoms with Gasteiger partial charge in [-0.25, -0.2) is 0 Å². The van der Waals surface area contributed by atoms with Gasteiger partial charge in [-0.3, -0.25) is 4.98 Å². The van der Waals surface area contributed by atoms with Gasteiger partial charge in [-0.05, 0) is 61.1 Å². The number of nitrogens with one attached hydrogen (secondary N) is 1. The zero-order valence-corrected chi connectivity index (χ0v) is 18.5. The van der Waals surface area contributed by atoms with Crippen molar-refractivity contribution in [2.75, 3.05) is 14.2 Å². The fourth-order valence-corrected chi connectivity index (χ4v) is 3.70. The van der Waals surface area contributed by atoms with Crippen molar-refractivity contribution in [3.05, 3.63) is 78.1 Å². The summed E-state index contributed by atoms with van der Waals surface area (Å²) in [6, 6.07) is 18.6. The Morgan fingerprint density at radius 1 is 1.00 bits per heavy atom. The quantitative estimate of drug-likeness (QED) is 0.467. The highest BCUT2D eigenvalue weighted by atomic mass is 32.1. The van der Waals surface area contributed by atoms with Crippen LogP contribution in [0.25, 0.3) is 11.1 Å². The number of rotatable bonds is 9. The standard InChI is InChI=1S/C25H28N2O2S/c1-18(6-4-7-19-8-5-15-26-17-19)27-25(30)21-11-9-20(10-12-21)22-13-14-23(28-2)24(16-22)29-3/h5,8-18H,4,6-7H2,1-3H3,(H,27,30). The van der Waals surface area contributed by atoms with Crippen LogP contribution in [-0.4, -0.2) is 30.2 Å². The molecule has 0 amide bonds. The van der Waals surface area contributed by atoms with Crippen LogP contribution in [0, 0.1) is 0 Å². The third-order valence-corrected chi connectivity index (χ3v) is 5.42. The Morgan fingerprint density at radius 2 is 1.73 bits per heavy atom. The van der Waals surface area contributed by atoms with Gasteiger partial charge in [0.2, 0.25) is 0 Å². The molecule has 0 saturated carbocycles. The molecule has 0 saturated heterocycles. The predicted molar refractivity (Wildman–Crippen MR) is 126 cm³/mol. The van der Waals surface area contributed by atoms with E-state index in [0.717, 1.165) is 52.4 Å². The van der Waals surface area contributed by atoms with Crippen LogP contribution in [0.2, 0.25) is 0 Å². The van der Waals surface area contributed by atoms with Crippen LogP contribution in [-0.2, 0) is 6.42 Å². The van der Waals surface area contributed by atoms with E-state index in [-0.39, 0.29) is 0 Å². The van der Waals surface area contributed by atoms with Crippen LogP contribution in [0.5, 0.6) is 11.5 Å². The Bertz CT molecular complexity index is 959. The third kappa shape index (κ3) is 5.80. The van der Waals surface area contributed by atoms with Crippen molar-refractivity contribution in [3.8, 4) is 22.6 Å². The highest BCUT2D eigenvalue weighted by Gasteiger charge is 2.09. The normalized spacial score (nSPS) is 11.6. The summed E-state index contributed by atoms with van der Waals surface area (Å²) in [6.45, 7) is 2.17. The number of hydrogen-bond donors (Lipinski definition) is 1. The molecule has 1 aromatic heterocycles. The lowest BCUT2D eigenvalue weighted by molar-refractivity contribution is 0.355. The van der Waals surface area contributed by atoms with Crippen LogP contribution in [0.15, 0.2) is 67.0 Å². The molecule has 2 aromatic carbocycles. The summed E-state index contributed by atoms with van der Waals surface area (Å²) in [5.74, 6) is 1.44. The minimum atomic E-state index is 0.319. The van der Waals surface area contributed by atoms with Crippen LogP contribution >= 0.6 is 12.2 Å². The summed E-state index contributed by atoms with van der Waals surface area (Å²) < 4.78 is 10.7. The first-order chi connectivity index (χ1) is 14.6. The van der Waals surface area contributed by atoms with E-state index in [4.69, 9.17) is 21.7 Å². The Kier molecular flexibility index (Phi) is 7.80. The largest absolute Gasteiger partial charge is 0.493 e. The van der Waals surface area contributed by atoms with Crippen LogP contribution in [0.1, 0.15) is 30.9 Å². The number of benzene rings is 2. The van der Waals surface area contributed by atoms with E-state index in [2.05, 4.69) is 47.6 Å². The third-order valence-electron chi connectivity index (χ3n) is 5.07. The molecule has 0 radical (unpaired) electrons. The summed E-state index contributed by atoms with van der Waals surface area (Å²) in [6.07, 6.45) is 6.93. The van der Waals surface area contributed by atoms with E-state index in [1.165, 1.54) is 5.56 Å². The van der Waals surface area contributed by atoms with Crippen molar-refractivity contribution in [2.45, 2.75) is 32.2 Å². The van der Waals surface area contributed by atoms with Crippen LogP contribution < -0.4 is 14.8 Å². The lowest BCUT2D eigenvalue weighted by Gasteiger charge is -2.16. The molecule has 0 spiro atoms. The number of thiocarbonyl (C=S) groups is 1. The molecule has 3 aromatic rings. The molecule has 1 unspecified atom stereocenters. The summed E-state index contributed by atoms with van der Waals surface area (Å²) in [4.78, 5) is 4.95. The Balaban J connectivity index is 1.55. The molecule has 5 heteroatoms. The molecule has 0 aliphatic rings. The molecule has 1 heterocycles. The maximum atomic E-state index is 5.62. The van der Waals surface area contributed by atoms with Gasteiger partial charge in [-0.15, -0.1) is 0 Å². The SMILES string of the molecule is COc1ccc(-c2ccc(C(=S)NC(C)CCCc3cccnc3)cc2)cc1OC. The number of nitrogens with zero attached hydrogens (tertiary/aromatic N) is 1. The van der Waals surface area contributed by atoms with Gasteiger partial charge >= 0.3 is 0 Å². The van der Waals surface area contributed by atoms with E-state index in [0.29, 0.717) is 6.04 Å². The highest BCUT2D eigenvalue weighted by molar-refractivity contribution is 7.80. The lowest BCUT2D eigenvalue weighted by atomic mass is 10.0. The first-order valence-electron chi connectivity index (χ1n) is 10.1. The van der Waals surface area contributed by atoms with E-state index < -0.39 is 0 Å². The second-order valence-corrected chi connectivity index (χ2v) is 7.68. The number of ether oxygens (including phenoxy) is 2. The Morgan fingerprint density at radius 3 is 2.40 bits per heavy atom. The van der Waals surface area contributed by atoms with Crippen LogP contribution in [0.3, 0.4) is 0 Å². The molecule has 0 aliphatic heterocycles. The molecule has 4 nitrogen and oxygen atoms in total. The highest BCUT2D eigenvalue weighted by Crippen LogP contribution is 2.32. The molecule has 156 valence electrons. The van der Waals surface area contributed by atoms with Crippen molar-refractivity contribution >= 4 is 17.2 Å². The van der Waals surface area contributed by atoms with E-state index >= 15 is 0 Å². The van der Waals surface area contributed by atoms with Crippen LogP contribution in [0.4, 0.5) is 0 Å². The number of aryl methyl sites for hydroxylation is 1. The van der Waals surface area contributed by atoms with Crippen molar-refractivity contribution in [3.63, 3.8) is 0 Å². The minimum Gasteiger partial charge on any atom is -0.493 e. The number of pyridine rings is 1. The van der Waals surface area contributed by atoms with Crippen molar-refractivity contribution in [2.24, 2.45) is 0 Å². The van der Waals surface area contributed by atoms with Gasteiger partial charge in [0.1, 0.15) is 4.99 Å². The minimum absolute atomic E-state index is 0.319. The van der Waals surface area contributed by atoms with Crippen molar-refractivity contribution < 1.29 is 9.47 Å². The molecule has 1 N–H and O–H groups in total. The zero-order valence-electron chi connectivity index (χ0n) is 17.7. The van der Waals surface area contributed by atoms with Gasteiger partial charge in [-0.2, -0.15) is 0 Å². The van der Waals surface area contributed by atoms with Gasteiger partial charge in [-0.1, -0.05) is 48.6 Å².